The van der Waals surface area contributed by atoms with Crippen LogP contribution in [0.1, 0.15) is 41.5 Å². The van der Waals surface area contributed by atoms with Gasteiger partial charge in [-0.25, -0.2) is 9.59 Å². The molecule has 196 valence electrons. The summed E-state index contributed by atoms with van der Waals surface area (Å²) in [5, 5.41) is 0. The molecule has 12 nitrogen and oxygen atoms in total. The van der Waals surface area contributed by atoms with E-state index < -0.39 is 48.2 Å². The molecular formula is C22H38N2O10. The highest BCUT2D eigenvalue weighted by Gasteiger charge is 2.25. The van der Waals surface area contributed by atoms with Crippen LogP contribution in [-0.4, -0.2) is 111 Å². The van der Waals surface area contributed by atoms with Crippen LogP contribution in [0.5, 0.6) is 0 Å². The smallest absolute Gasteiger partial charge is 0.335 e. The third-order valence-electron chi connectivity index (χ3n) is 4.32. The third kappa shape index (κ3) is 13.6. The predicted octanol–water partition coefficient (Wildman–Crippen LogP) is 0.000800. The normalized spacial score (nSPS) is 13.7. The molecule has 0 fully saturated rings. The average Bonchev–Trinajstić information content (AvgIpc) is 2.75. The van der Waals surface area contributed by atoms with Crippen LogP contribution in [0.15, 0.2) is 0 Å². The summed E-state index contributed by atoms with van der Waals surface area (Å²) in [7, 11) is 5.71. The van der Waals surface area contributed by atoms with Crippen LogP contribution in [0.4, 0.5) is 0 Å². The quantitative estimate of drug-likeness (QED) is 0.343. The van der Waals surface area contributed by atoms with Crippen LogP contribution >= 0.6 is 0 Å². The summed E-state index contributed by atoms with van der Waals surface area (Å²) in [6.45, 7) is 8.73. The number of methoxy groups -OCH3 is 2. The third-order valence-corrected chi connectivity index (χ3v) is 4.32. The fourth-order valence-corrected chi connectivity index (χ4v) is 2.28. The van der Waals surface area contributed by atoms with Crippen molar-refractivity contribution in [3.05, 3.63) is 0 Å². The van der Waals surface area contributed by atoms with Crippen LogP contribution in [0, 0.1) is 0 Å². The number of rotatable bonds is 12. The summed E-state index contributed by atoms with van der Waals surface area (Å²) in [5.74, 6) is -2.32. The Morgan fingerprint density at radius 2 is 0.853 bits per heavy atom. The van der Waals surface area contributed by atoms with Gasteiger partial charge in [0.1, 0.15) is 11.6 Å². The number of carbonyl (C=O) groups excluding carboxylic acids is 6. The number of ether oxygens (including phenoxy) is 4. The summed E-state index contributed by atoms with van der Waals surface area (Å²) >= 11 is 0. The summed E-state index contributed by atoms with van der Waals surface area (Å²) in [5.41, 5.74) is 0. The molecule has 0 spiro atoms. The zero-order valence-corrected chi connectivity index (χ0v) is 21.7. The molecule has 0 radical (unpaired) electrons. The van der Waals surface area contributed by atoms with E-state index in [1.54, 1.807) is 0 Å². The molecule has 12 heteroatoms. The second kappa shape index (κ2) is 16.7. The second-order valence-electron chi connectivity index (χ2n) is 7.71. The molecule has 0 aliphatic heterocycles. The highest BCUT2D eigenvalue weighted by atomic mass is 16.6. The number of hydrogen-bond donors (Lipinski definition) is 0. The Kier molecular flexibility index (Phi) is 16.4. The Balaban J connectivity index is 0. The molecule has 0 saturated heterocycles. The van der Waals surface area contributed by atoms with Gasteiger partial charge in [0.15, 0.2) is 24.4 Å². The lowest BCUT2D eigenvalue weighted by atomic mass is 10.3. The van der Waals surface area contributed by atoms with Gasteiger partial charge in [0, 0.05) is 28.3 Å². The Labute approximate surface area is 200 Å². The maximum atomic E-state index is 11.7. The van der Waals surface area contributed by atoms with E-state index >= 15 is 0 Å². The number of carbonyl (C=O) groups is 6. The molecule has 0 heterocycles. The number of hydrogen-bond acceptors (Lipinski definition) is 10. The molecule has 0 aromatic heterocycles. The minimum atomic E-state index is -0.926. The minimum Gasteiger partial charge on any atom is -0.451 e. The van der Waals surface area contributed by atoms with Crippen molar-refractivity contribution in [3.8, 4) is 0 Å². The monoisotopic (exact) mass is 490 g/mol. The number of amides is 2. The first kappa shape index (κ1) is 33.3. The first-order chi connectivity index (χ1) is 15.6. The molecule has 2 amide bonds. The van der Waals surface area contributed by atoms with Gasteiger partial charge in [-0.2, -0.15) is 0 Å². The highest BCUT2D eigenvalue weighted by molar-refractivity contribution is 5.89. The molecule has 0 aromatic rings. The van der Waals surface area contributed by atoms with Gasteiger partial charge in [-0.3, -0.25) is 19.2 Å². The maximum Gasteiger partial charge on any atom is 0.335 e. The fraction of sp³-hybridized carbons (Fsp3) is 0.727. The SMILES string of the molecule is COC(C)C(=O)OC(C)C(=O)N(C)CC(C)=O.COC(C)C(=O)OC(C)C(=O)N(C)CC(C)=O. The average molecular weight is 491 g/mol. The Morgan fingerprint density at radius 1 is 0.588 bits per heavy atom. The van der Waals surface area contributed by atoms with E-state index in [1.165, 1.54) is 79.7 Å². The van der Waals surface area contributed by atoms with Gasteiger partial charge in [-0.05, 0) is 41.5 Å². The van der Waals surface area contributed by atoms with Gasteiger partial charge >= 0.3 is 11.9 Å². The van der Waals surface area contributed by atoms with Crippen molar-refractivity contribution in [3.63, 3.8) is 0 Å². The zero-order chi connectivity index (χ0) is 27.2. The van der Waals surface area contributed by atoms with E-state index in [9.17, 15) is 28.8 Å². The molecule has 0 rings (SSSR count). The van der Waals surface area contributed by atoms with Crippen LogP contribution in [0.25, 0.3) is 0 Å². The van der Waals surface area contributed by atoms with Gasteiger partial charge < -0.3 is 28.7 Å². The number of likely N-dealkylation sites (N-methyl/N-ethyl adjacent to an activating group) is 2. The lowest BCUT2D eigenvalue weighted by Gasteiger charge is -2.21. The summed E-state index contributed by atoms with van der Waals surface area (Å²) in [6, 6.07) is 0. The van der Waals surface area contributed by atoms with Gasteiger partial charge in [0.05, 0.1) is 13.1 Å². The number of Topliss-reactive ketones (excluding diaryl/α,β-unsaturated/α-hetero) is 2. The lowest BCUT2D eigenvalue weighted by molar-refractivity contribution is -0.166. The fourth-order valence-electron chi connectivity index (χ4n) is 2.28. The van der Waals surface area contributed by atoms with Gasteiger partial charge in [-0.15, -0.1) is 0 Å². The molecule has 0 bridgehead atoms. The van der Waals surface area contributed by atoms with Crippen LogP contribution in [0.2, 0.25) is 0 Å². The first-order valence-corrected chi connectivity index (χ1v) is 10.5. The number of ketones is 2. The molecule has 0 N–H and O–H groups in total. The maximum absolute atomic E-state index is 11.7. The topological polar surface area (TPSA) is 146 Å². The van der Waals surface area contributed by atoms with Crippen molar-refractivity contribution in [2.75, 3.05) is 41.4 Å². The highest BCUT2D eigenvalue weighted by Crippen LogP contribution is 2.03. The lowest BCUT2D eigenvalue weighted by Crippen LogP contribution is -2.41. The largest absolute Gasteiger partial charge is 0.451 e. The summed E-state index contributed by atoms with van der Waals surface area (Å²) in [4.78, 5) is 70.2. The van der Waals surface area contributed by atoms with E-state index in [0.717, 1.165) is 0 Å². The van der Waals surface area contributed by atoms with E-state index in [2.05, 4.69) is 0 Å². The van der Waals surface area contributed by atoms with Crippen molar-refractivity contribution in [1.82, 2.24) is 9.80 Å². The molecule has 0 saturated carbocycles. The van der Waals surface area contributed by atoms with E-state index in [4.69, 9.17) is 18.9 Å². The number of esters is 2. The summed E-state index contributed by atoms with van der Waals surface area (Å²) < 4.78 is 19.3. The van der Waals surface area contributed by atoms with E-state index in [1.807, 2.05) is 0 Å². The molecule has 4 unspecified atom stereocenters. The van der Waals surface area contributed by atoms with Crippen molar-refractivity contribution in [1.29, 1.82) is 0 Å². The zero-order valence-electron chi connectivity index (χ0n) is 21.7. The summed E-state index contributed by atoms with van der Waals surface area (Å²) in [6.07, 6.45) is -3.29. The Hall–Kier alpha value is -2.86. The molecular weight excluding hydrogens is 452 g/mol. The van der Waals surface area contributed by atoms with Crippen molar-refractivity contribution < 1.29 is 47.7 Å². The predicted molar refractivity (Wildman–Crippen MR) is 121 cm³/mol. The van der Waals surface area contributed by atoms with Crippen LogP contribution in [0.3, 0.4) is 0 Å². The standard InChI is InChI=1S/2C11H19NO5/c2*1-7(13)6-12(4)10(14)8(2)17-11(15)9(3)16-5/h2*8-9H,6H2,1-5H3. The molecule has 0 aliphatic carbocycles. The second-order valence-corrected chi connectivity index (χ2v) is 7.71. The minimum absolute atomic E-state index is 0.000551. The Bertz CT molecular complexity index is 664. The van der Waals surface area contributed by atoms with Crippen molar-refractivity contribution in [2.24, 2.45) is 0 Å². The van der Waals surface area contributed by atoms with Crippen molar-refractivity contribution >= 4 is 35.3 Å². The van der Waals surface area contributed by atoms with Crippen LogP contribution in [-0.2, 0) is 47.7 Å². The Morgan fingerprint density at radius 3 is 1.06 bits per heavy atom. The number of nitrogens with zero attached hydrogens (tertiary/aromatic N) is 2. The molecule has 34 heavy (non-hydrogen) atoms. The van der Waals surface area contributed by atoms with Gasteiger partial charge in [0.25, 0.3) is 11.8 Å². The van der Waals surface area contributed by atoms with E-state index in [0.29, 0.717) is 0 Å². The van der Waals surface area contributed by atoms with Gasteiger partial charge in [0.2, 0.25) is 0 Å². The van der Waals surface area contributed by atoms with Crippen molar-refractivity contribution in [2.45, 2.75) is 66.0 Å². The van der Waals surface area contributed by atoms with E-state index in [-0.39, 0.29) is 24.7 Å². The van der Waals surface area contributed by atoms with Gasteiger partial charge in [-0.1, -0.05) is 0 Å². The van der Waals surface area contributed by atoms with Crippen LogP contribution < -0.4 is 0 Å². The molecule has 0 aromatic carbocycles. The molecule has 4 atom stereocenters. The molecule has 0 aliphatic rings. The first-order valence-electron chi connectivity index (χ1n) is 10.5.